The number of carbonyl (C=O) groups excluding carboxylic acids is 1. The van der Waals surface area contributed by atoms with E-state index in [1.54, 1.807) is 0 Å². The topological polar surface area (TPSA) is 26.3 Å². The third-order valence-corrected chi connectivity index (χ3v) is 2.78. The molecule has 1 aliphatic carbocycles. The number of rotatable bonds is 3. The molecule has 0 amide bonds. The normalized spacial score (nSPS) is 21.6. The minimum atomic E-state index is -0.310. The molecule has 1 aliphatic rings. The summed E-state index contributed by atoms with van der Waals surface area (Å²) in [6.45, 7) is 5.95. The van der Waals surface area contributed by atoms with Crippen molar-refractivity contribution in [2.75, 3.05) is 6.61 Å². The summed E-state index contributed by atoms with van der Waals surface area (Å²) in [6, 6.07) is 0. The highest BCUT2D eigenvalue weighted by molar-refractivity contribution is 5.84. The lowest BCUT2D eigenvalue weighted by atomic mass is 9.91. The van der Waals surface area contributed by atoms with Crippen molar-refractivity contribution in [2.24, 2.45) is 5.41 Å². The Morgan fingerprint density at radius 2 is 2.06 bits per heavy atom. The van der Waals surface area contributed by atoms with E-state index in [0.29, 0.717) is 0 Å². The fourth-order valence-corrected chi connectivity index (χ4v) is 1.50. The number of carbonyl (C=O) groups is 1. The number of ether oxygens (including phenoxy) is 1. The lowest BCUT2D eigenvalue weighted by Crippen LogP contribution is -2.27. The summed E-state index contributed by atoms with van der Waals surface area (Å²) in [4.78, 5) is 11.7. The molecule has 0 aromatic carbocycles. The standard InChI is InChI=1S/C14H22O2/c1-14(2,3)13(15)11-16-12-9-7-5-4-6-8-10-12/h12H,4-7,9,11H2,1-3H3. The van der Waals surface area contributed by atoms with Crippen LogP contribution in [0.15, 0.2) is 0 Å². The predicted octanol–water partition coefficient (Wildman–Crippen LogP) is 2.95. The third kappa shape index (κ3) is 4.81. The van der Waals surface area contributed by atoms with Gasteiger partial charge < -0.3 is 4.74 Å². The molecule has 1 unspecified atom stereocenters. The van der Waals surface area contributed by atoms with Crippen molar-refractivity contribution >= 4 is 5.78 Å². The molecule has 2 nitrogen and oxygen atoms in total. The van der Waals surface area contributed by atoms with Crippen LogP contribution in [0.25, 0.3) is 0 Å². The first-order chi connectivity index (χ1) is 7.50. The summed E-state index contributed by atoms with van der Waals surface area (Å²) in [5.41, 5.74) is -0.310. The van der Waals surface area contributed by atoms with Gasteiger partial charge in [-0.05, 0) is 19.3 Å². The fraction of sp³-hybridized carbons (Fsp3) is 0.786. The molecule has 0 aromatic rings. The van der Waals surface area contributed by atoms with Gasteiger partial charge in [-0.25, -0.2) is 0 Å². The van der Waals surface area contributed by atoms with E-state index in [-0.39, 0.29) is 23.9 Å². The molecule has 16 heavy (non-hydrogen) atoms. The van der Waals surface area contributed by atoms with E-state index in [4.69, 9.17) is 4.74 Å². The van der Waals surface area contributed by atoms with Gasteiger partial charge in [-0.15, -0.1) is 5.92 Å². The van der Waals surface area contributed by atoms with Crippen molar-refractivity contribution in [3.05, 3.63) is 0 Å². The van der Waals surface area contributed by atoms with Crippen LogP contribution in [0.1, 0.15) is 52.9 Å². The average molecular weight is 222 g/mol. The molecule has 0 heterocycles. The Kier molecular flexibility index (Phi) is 5.02. The highest BCUT2D eigenvalue weighted by atomic mass is 16.5. The van der Waals surface area contributed by atoms with Crippen LogP contribution < -0.4 is 0 Å². The van der Waals surface area contributed by atoms with Crippen molar-refractivity contribution < 1.29 is 9.53 Å². The highest BCUT2D eigenvalue weighted by Crippen LogP contribution is 2.16. The molecule has 0 spiro atoms. The van der Waals surface area contributed by atoms with Gasteiger partial charge in [0.15, 0.2) is 5.78 Å². The molecule has 0 saturated heterocycles. The van der Waals surface area contributed by atoms with Gasteiger partial charge in [0.25, 0.3) is 0 Å². The molecule has 1 atom stereocenters. The Labute approximate surface area is 98.8 Å². The Balaban J connectivity index is 2.38. The van der Waals surface area contributed by atoms with Crippen molar-refractivity contribution in [3.63, 3.8) is 0 Å². The number of ketones is 1. The number of Topliss-reactive ketones (excluding diaryl/α,β-unsaturated/α-hetero) is 1. The van der Waals surface area contributed by atoms with Crippen molar-refractivity contribution in [3.8, 4) is 11.8 Å². The minimum Gasteiger partial charge on any atom is -0.358 e. The van der Waals surface area contributed by atoms with Gasteiger partial charge in [-0.2, -0.15) is 0 Å². The Hall–Kier alpha value is -0.810. The van der Waals surface area contributed by atoms with E-state index in [9.17, 15) is 4.79 Å². The molecule has 0 saturated carbocycles. The van der Waals surface area contributed by atoms with Crippen LogP contribution in [0.2, 0.25) is 0 Å². The predicted molar refractivity (Wildman–Crippen MR) is 65.1 cm³/mol. The largest absolute Gasteiger partial charge is 0.358 e. The van der Waals surface area contributed by atoms with Gasteiger partial charge >= 0.3 is 0 Å². The van der Waals surface area contributed by atoms with E-state index in [0.717, 1.165) is 19.3 Å². The van der Waals surface area contributed by atoms with Crippen LogP contribution in [-0.2, 0) is 9.53 Å². The van der Waals surface area contributed by atoms with E-state index < -0.39 is 0 Å². The molecule has 90 valence electrons. The fourth-order valence-electron chi connectivity index (χ4n) is 1.50. The molecule has 0 bridgehead atoms. The van der Waals surface area contributed by atoms with E-state index in [1.807, 2.05) is 20.8 Å². The average Bonchev–Trinajstić information content (AvgIpc) is 2.14. The summed E-state index contributed by atoms with van der Waals surface area (Å²) >= 11 is 0. The number of hydrogen-bond donors (Lipinski definition) is 0. The maximum atomic E-state index is 11.7. The summed E-state index contributed by atoms with van der Waals surface area (Å²) < 4.78 is 5.58. The molecule has 0 aliphatic heterocycles. The maximum absolute atomic E-state index is 11.7. The zero-order valence-corrected chi connectivity index (χ0v) is 10.6. The Morgan fingerprint density at radius 1 is 1.31 bits per heavy atom. The van der Waals surface area contributed by atoms with Gasteiger partial charge in [0, 0.05) is 11.8 Å². The molecule has 1 rings (SSSR count). The second-order valence-corrected chi connectivity index (χ2v) is 5.39. The van der Waals surface area contributed by atoms with E-state index >= 15 is 0 Å². The molecule has 0 radical (unpaired) electrons. The van der Waals surface area contributed by atoms with Gasteiger partial charge in [0.05, 0.1) is 0 Å². The second-order valence-electron chi connectivity index (χ2n) is 5.39. The monoisotopic (exact) mass is 222 g/mol. The third-order valence-electron chi connectivity index (χ3n) is 2.78. The van der Waals surface area contributed by atoms with Crippen LogP contribution in [-0.4, -0.2) is 18.5 Å². The van der Waals surface area contributed by atoms with E-state index in [2.05, 4.69) is 11.8 Å². The van der Waals surface area contributed by atoms with Gasteiger partial charge in [-0.3, -0.25) is 4.79 Å². The highest BCUT2D eigenvalue weighted by Gasteiger charge is 2.22. The molecule has 0 fully saturated rings. The van der Waals surface area contributed by atoms with Crippen molar-refractivity contribution in [1.82, 2.24) is 0 Å². The lowest BCUT2D eigenvalue weighted by Gasteiger charge is -2.19. The first-order valence-electron chi connectivity index (χ1n) is 6.13. The second kappa shape index (κ2) is 6.06. The zero-order chi connectivity index (χ0) is 12.0. The summed E-state index contributed by atoms with van der Waals surface area (Å²) in [5, 5.41) is 0. The molecule has 0 N–H and O–H groups in total. The zero-order valence-electron chi connectivity index (χ0n) is 10.6. The van der Waals surface area contributed by atoms with Crippen LogP contribution in [0, 0.1) is 17.3 Å². The quantitative estimate of drug-likeness (QED) is 0.686. The summed E-state index contributed by atoms with van der Waals surface area (Å²) in [6.07, 6.45) is 5.47. The Morgan fingerprint density at radius 3 is 2.75 bits per heavy atom. The first-order valence-corrected chi connectivity index (χ1v) is 6.13. The van der Waals surface area contributed by atoms with Gasteiger partial charge in [0.1, 0.15) is 12.7 Å². The first kappa shape index (κ1) is 13.3. The van der Waals surface area contributed by atoms with Crippen molar-refractivity contribution in [1.29, 1.82) is 0 Å². The molecule has 2 heteroatoms. The van der Waals surface area contributed by atoms with Crippen LogP contribution in [0.3, 0.4) is 0 Å². The lowest BCUT2D eigenvalue weighted by molar-refractivity contribution is -0.132. The van der Waals surface area contributed by atoms with Crippen molar-refractivity contribution in [2.45, 2.75) is 59.0 Å². The van der Waals surface area contributed by atoms with Crippen LogP contribution in [0.5, 0.6) is 0 Å². The Bertz CT molecular complexity index is 288. The summed E-state index contributed by atoms with van der Waals surface area (Å²) in [5.74, 6) is 6.37. The summed E-state index contributed by atoms with van der Waals surface area (Å²) in [7, 11) is 0. The SMILES string of the molecule is CC(C)(C)C(=O)COC1C#CCCCCC1. The molecular formula is C14H22O2. The molecule has 0 aromatic heterocycles. The smallest absolute Gasteiger partial charge is 0.163 e. The van der Waals surface area contributed by atoms with Crippen LogP contribution in [0.4, 0.5) is 0 Å². The van der Waals surface area contributed by atoms with E-state index in [1.165, 1.54) is 12.8 Å². The van der Waals surface area contributed by atoms with Gasteiger partial charge in [-0.1, -0.05) is 33.1 Å². The minimum absolute atomic E-state index is 0.0356. The molecular weight excluding hydrogens is 200 g/mol. The van der Waals surface area contributed by atoms with Crippen LogP contribution >= 0.6 is 0 Å². The maximum Gasteiger partial charge on any atom is 0.163 e. The van der Waals surface area contributed by atoms with Gasteiger partial charge in [0.2, 0.25) is 0 Å². The number of hydrogen-bond acceptors (Lipinski definition) is 2.